The monoisotopic (exact) mass is 329 g/mol. The van der Waals surface area contributed by atoms with E-state index >= 15 is 0 Å². The first-order valence-corrected chi connectivity index (χ1v) is 8.99. The molecule has 21 heavy (non-hydrogen) atoms. The maximum atomic E-state index is 11.0. The predicted octanol–water partition coefficient (Wildman–Crippen LogP) is 0.603. The van der Waals surface area contributed by atoms with Gasteiger partial charge in [0.25, 0.3) is 0 Å². The summed E-state index contributed by atoms with van der Waals surface area (Å²) in [6.07, 6.45) is 2.68. The van der Waals surface area contributed by atoms with Crippen LogP contribution in [-0.2, 0) is 21.2 Å². The number of sulfonamides is 1. The second-order valence-electron chi connectivity index (χ2n) is 4.41. The van der Waals surface area contributed by atoms with E-state index in [1.807, 2.05) is 16.5 Å². The highest BCUT2D eigenvalue weighted by Crippen LogP contribution is 2.20. The number of fused-ring (bicyclic) bond motifs is 1. The summed E-state index contributed by atoms with van der Waals surface area (Å²) in [4.78, 5) is 15.0. The first-order chi connectivity index (χ1) is 9.85. The zero-order valence-corrected chi connectivity index (χ0v) is 12.9. The smallest absolute Gasteiger partial charge is 0.309 e. The fourth-order valence-electron chi connectivity index (χ4n) is 1.78. The number of aliphatic carboxylic acids is 1. The van der Waals surface area contributed by atoms with Crippen molar-refractivity contribution in [3.05, 3.63) is 30.1 Å². The molecule has 2 heterocycles. The molecule has 0 saturated heterocycles. The van der Waals surface area contributed by atoms with Gasteiger partial charge in [-0.3, -0.25) is 9.20 Å². The lowest BCUT2D eigenvalue weighted by Crippen LogP contribution is -2.24. The van der Waals surface area contributed by atoms with Crippen molar-refractivity contribution in [2.24, 2.45) is 0 Å². The highest BCUT2D eigenvalue weighted by Gasteiger charge is 2.09. The topological polar surface area (TPSA) is 101 Å². The van der Waals surface area contributed by atoms with Crippen LogP contribution in [0.5, 0.6) is 0 Å². The van der Waals surface area contributed by atoms with E-state index in [9.17, 15) is 13.2 Å². The van der Waals surface area contributed by atoms with Gasteiger partial charge in [0.1, 0.15) is 5.65 Å². The standard InChI is InChI=1S/C12H15N3O4S2/c1-21(18,19)13-5-6-20-11-4-2-3-10-14-9(7-12(16)17)8-15(10)11/h2-4,8,13H,5-7H2,1H3,(H,16,17). The molecule has 0 aliphatic carbocycles. The second kappa shape index (κ2) is 6.46. The Bertz CT molecular complexity index is 755. The molecule has 0 amide bonds. The molecule has 2 aromatic heterocycles. The number of carboxylic acids is 1. The number of thioether (sulfide) groups is 1. The molecule has 7 nitrogen and oxygen atoms in total. The normalized spacial score (nSPS) is 11.9. The number of pyridine rings is 1. The van der Waals surface area contributed by atoms with Gasteiger partial charge >= 0.3 is 5.97 Å². The van der Waals surface area contributed by atoms with Crippen LogP contribution in [-0.4, -0.2) is 47.4 Å². The minimum atomic E-state index is -3.18. The van der Waals surface area contributed by atoms with Gasteiger partial charge in [0, 0.05) is 18.5 Å². The summed E-state index contributed by atoms with van der Waals surface area (Å²) in [7, 11) is -3.18. The van der Waals surface area contributed by atoms with Crippen LogP contribution in [0.1, 0.15) is 5.69 Å². The lowest BCUT2D eigenvalue weighted by Gasteiger charge is -2.05. The molecule has 0 spiro atoms. The summed E-state index contributed by atoms with van der Waals surface area (Å²) >= 11 is 1.47. The van der Waals surface area contributed by atoms with Crippen molar-refractivity contribution in [2.45, 2.75) is 11.4 Å². The predicted molar refractivity (Wildman–Crippen MR) is 80.1 cm³/mol. The molecular weight excluding hydrogens is 314 g/mol. The third-order valence-electron chi connectivity index (χ3n) is 2.55. The third kappa shape index (κ3) is 4.73. The van der Waals surface area contributed by atoms with E-state index < -0.39 is 16.0 Å². The lowest BCUT2D eigenvalue weighted by atomic mass is 10.3. The number of nitrogens with zero attached hydrogens (tertiary/aromatic N) is 2. The van der Waals surface area contributed by atoms with Gasteiger partial charge < -0.3 is 5.11 Å². The Morgan fingerprint density at radius 3 is 2.90 bits per heavy atom. The fourth-order valence-corrected chi connectivity index (χ4v) is 3.25. The number of rotatable bonds is 7. The molecule has 2 aromatic rings. The van der Waals surface area contributed by atoms with Gasteiger partial charge in [0.2, 0.25) is 10.0 Å². The van der Waals surface area contributed by atoms with E-state index in [4.69, 9.17) is 5.11 Å². The fraction of sp³-hybridized carbons (Fsp3) is 0.333. The molecule has 0 aliphatic heterocycles. The van der Waals surface area contributed by atoms with Crippen molar-refractivity contribution in [1.29, 1.82) is 0 Å². The summed E-state index contributed by atoms with van der Waals surface area (Å²) in [5.41, 5.74) is 1.16. The molecule has 0 aliphatic rings. The van der Waals surface area contributed by atoms with Crippen LogP contribution in [0.15, 0.2) is 29.4 Å². The van der Waals surface area contributed by atoms with Gasteiger partial charge in [0.05, 0.1) is 23.4 Å². The van der Waals surface area contributed by atoms with Crippen LogP contribution in [0.4, 0.5) is 0 Å². The van der Waals surface area contributed by atoms with Crippen LogP contribution in [0.2, 0.25) is 0 Å². The quantitative estimate of drug-likeness (QED) is 0.570. The summed E-state index contributed by atoms with van der Waals surface area (Å²) in [6, 6.07) is 5.51. The van der Waals surface area contributed by atoms with Crippen molar-refractivity contribution >= 4 is 33.4 Å². The van der Waals surface area contributed by atoms with E-state index in [0.29, 0.717) is 23.6 Å². The molecule has 0 fully saturated rings. The number of aromatic nitrogens is 2. The highest BCUT2D eigenvalue weighted by molar-refractivity contribution is 7.99. The number of hydrogen-bond acceptors (Lipinski definition) is 5. The number of hydrogen-bond donors (Lipinski definition) is 2. The summed E-state index contributed by atoms with van der Waals surface area (Å²) in [5, 5.41) is 9.67. The van der Waals surface area contributed by atoms with Crippen molar-refractivity contribution in [3.8, 4) is 0 Å². The molecule has 0 atom stereocenters. The van der Waals surface area contributed by atoms with Gasteiger partial charge in [-0.25, -0.2) is 18.1 Å². The van der Waals surface area contributed by atoms with Crippen molar-refractivity contribution in [2.75, 3.05) is 18.6 Å². The maximum absolute atomic E-state index is 11.0. The third-order valence-corrected chi connectivity index (χ3v) is 4.32. The van der Waals surface area contributed by atoms with E-state index in [0.717, 1.165) is 11.3 Å². The Hall–Kier alpha value is -1.58. The highest BCUT2D eigenvalue weighted by atomic mass is 32.2. The zero-order chi connectivity index (χ0) is 15.5. The lowest BCUT2D eigenvalue weighted by molar-refractivity contribution is -0.136. The molecule has 114 valence electrons. The van der Waals surface area contributed by atoms with Crippen LogP contribution in [0.3, 0.4) is 0 Å². The molecule has 2 N–H and O–H groups in total. The minimum absolute atomic E-state index is 0.124. The number of carbonyl (C=O) groups is 1. The Labute approximate surface area is 126 Å². The van der Waals surface area contributed by atoms with E-state index in [1.54, 1.807) is 12.3 Å². The molecular formula is C12H15N3O4S2. The van der Waals surface area contributed by atoms with Crippen LogP contribution in [0, 0.1) is 0 Å². The second-order valence-corrected chi connectivity index (χ2v) is 7.36. The van der Waals surface area contributed by atoms with Crippen molar-refractivity contribution in [3.63, 3.8) is 0 Å². The molecule has 9 heteroatoms. The average molecular weight is 329 g/mol. The van der Waals surface area contributed by atoms with Crippen LogP contribution in [0.25, 0.3) is 5.65 Å². The molecule has 2 rings (SSSR count). The SMILES string of the molecule is CS(=O)(=O)NCCSc1cccc2nc(CC(=O)O)cn12. The summed E-state index contributed by atoms with van der Waals surface area (Å²) in [6.45, 7) is 0.330. The van der Waals surface area contributed by atoms with Gasteiger partial charge in [-0.1, -0.05) is 6.07 Å². The summed E-state index contributed by atoms with van der Waals surface area (Å²) < 4.78 is 26.2. The molecule has 0 aromatic carbocycles. The van der Waals surface area contributed by atoms with Gasteiger partial charge in [-0.05, 0) is 12.1 Å². The van der Waals surface area contributed by atoms with E-state index in [-0.39, 0.29) is 6.42 Å². The molecule has 0 unspecified atom stereocenters. The largest absolute Gasteiger partial charge is 0.481 e. The van der Waals surface area contributed by atoms with Gasteiger partial charge in [0.15, 0.2) is 0 Å². The van der Waals surface area contributed by atoms with Crippen LogP contribution >= 0.6 is 11.8 Å². The van der Waals surface area contributed by atoms with Crippen molar-refractivity contribution in [1.82, 2.24) is 14.1 Å². The zero-order valence-electron chi connectivity index (χ0n) is 11.3. The summed E-state index contributed by atoms with van der Waals surface area (Å²) in [5.74, 6) is -0.358. The van der Waals surface area contributed by atoms with Gasteiger partial charge in [-0.15, -0.1) is 11.8 Å². The van der Waals surface area contributed by atoms with E-state index in [1.165, 1.54) is 11.8 Å². The van der Waals surface area contributed by atoms with Crippen molar-refractivity contribution < 1.29 is 18.3 Å². The number of imidazole rings is 1. The maximum Gasteiger partial charge on any atom is 0.309 e. The Morgan fingerprint density at radius 1 is 1.48 bits per heavy atom. The Kier molecular flexibility index (Phi) is 4.86. The first kappa shape index (κ1) is 15.8. The number of nitrogens with one attached hydrogen (secondary N) is 1. The molecule has 0 bridgehead atoms. The van der Waals surface area contributed by atoms with Crippen LogP contribution < -0.4 is 4.72 Å². The first-order valence-electron chi connectivity index (χ1n) is 6.11. The molecule has 0 radical (unpaired) electrons. The molecule has 0 saturated carbocycles. The number of carboxylic acid groups (broad SMARTS) is 1. The average Bonchev–Trinajstić information content (AvgIpc) is 2.75. The minimum Gasteiger partial charge on any atom is -0.481 e. The van der Waals surface area contributed by atoms with E-state index in [2.05, 4.69) is 9.71 Å². The van der Waals surface area contributed by atoms with Gasteiger partial charge in [-0.2, -0.15) is 0 Å². The Balaban J connectivity index is 2.09. The Morgan fingerprint density at radius 2 is 2.24 bits per heavy atom.